The minimum atomic E-state index is 0.111. The van der Waals surface area contributed by atoms with Crippen LogP contribution in [0, 0.1) is 0 Å². The normalized spacial score (nSPS) is 26.3. The molecule has 10 heavy (non-hydrogen) atoms. The molecule has 2 unspecified atom stereocenters. The van der Waals surface area contributed by atoms with E-state index in [1.807, 2.05) is 11.4 Å². The average Bonchev–Trinajstić information content (AvgIpc) is 2.65. The van der Waals surface area contributed by atoms with E-state index in [1.54, 1.807) is 11.3 Å². The summed E-state index contributed by atoms with van der Waals surface area (Å²) in [5.41, 5.74) is 5.83. The Bertz CT molecular complexity index is 205. The second-order valence-corrected chi connectivity index (χ2v) is 3.39. The van der Waals surface area contributed by atoms with Gasteiger partial charge < -0.3 is 10.5 Å². The summed E-state index contributed by atoms with van der Waals surface area (Å²) in [5.74, 6) is 0. The average molecular weight is 155 g/mol. The van der Waals surface area contributed by atoms with Gasteiger partial charge in [0, 0.05) is 4.88 Å². The highest BCUT2D eigenvalue weighted by Gasteiger charge is 2.31. The Balaban J connectivity index is 2.11. The molecule has 1 aliphatic heterocycles. The first-order chi connectivity index (χ1) is 4.88. The molecule has 54 valence electrons. The van der Waals surface area contributed by atoms with Crippen molar-refractivity contribution in [2.24, 2.45) is 5.73 Å². The van der Waals surface area contributed by atoms with E-state index < -0.39 is 0 Å². The van der Waals surface area contributed by atoms with E-state index in [-0.39, 0.29) is 6.04 Å². The van der Waals surface area contributed by atoms with E-state index in [0.717, 1.165) is 6.61 Å². The molecule has 2 atom stereocenters. The molecule has 2 N–H and O–H groups in total. The first-order valence-corrected chi connectivity index (χ1v) is 4.16. The Kier molecular flexibility index (Phi) is 1.48. The van der Waals surface area contributed by atoms with E-state index in [9.17, 15) is 0 Å². The molecule has 2 heterocycles. The first kappa shape index (κ1) is 6.34. The molecule has 0 spiro atoms. The highest BCUT2D eigenvalue weighted by atomic mass is 32.1. The molecule has 1 aromatic rings. The molecule has 1 fully saturated rings. The van der Waals surface area contributed by atoms with Gasteiger partial charge in [0.05, 0.1) is 12.6 Å². The third-order valence-electron chi connectivity index (χ3n) is 1.63. The molecule has 0 radical (unpaired) electrons. The van der Waals surface area contributed by atoms with Gasteiger partial charge >= 0.3 is 0 Å². The first-order valence-electron chi connectivity index (χ1n) is 3.28. The molecule has 1 aliphatic rings. The molecular weight excluding hydrogens is 146 g/mol. The lowest BCUT2D eigenvalue weighted by Crippen LogP contribution is -2.14. The molecule has 3 heteroatoms. The standard InChI is InChI=1S/C7H9NOS/c8-7(5-4-9-5)6-2-1-3-10-6/h1-3,5,7H,4,8H2. The van der Waals surface area contributed by atoms with Gasteiger partial charge in [-0.15, -0.1) is 11.3 Å². The molecule has 0 bridgehead atoms. The zero-order valence-electron chi connectivity index (χ0n) is 5.49. The van der Waals surface area contributed by atoms with Gasteiger partial charge in [-0.3, -0.25) is 0 Å². The molecule has 1 saturated heterocycles. The third kappa shape index (κ3) is 1.08. The summed E-state index contributed by atoms with van der Waals surface area (Å²) in [5, 5.41) is 2.04. The van der Waals surface area contributed by atoms with Crippen LogP contribution in [0.2, 0.25) is 0 Å². The number of nitrogens with two attached hydrogens (primary N) is 1. The van der Waals surface area contributed by atoms with Crippen LogP contribution in [0.25, 0.3) is 0 Å². The van der Waals surface area contributed by atoms with Gasteiger partial charge in [0.25, 0.3) is 0 Å². The van der Waals surface area contributed by atoms with Gasteiger partial charge in [-0.05, 0) is 11.4 Å². The SMILES string of the molecule is NC(c1cccs1)C1CO1. The molecular formula is C7H9NOS. The minimum absolute atomic E-state index is 0.111. The van der Waals surface area contributed by atoms with E-state index in [4.69, 9.17) is 10.5 Å². The molecule has 0 saturated carbocycles. The molecule has 0 amide bonds. The van der Waals surface area contributed by atoms with E-state index in [0.29, 0.717) is 6.10 Å². The predicted molar refractivity (Wildman–Crippen MR) is 41.0 cm³/mol. The van der Waals surface area contributed by atoms with Crippen molar-refractivity contribution in [2.75, 3.05) is 6.61 Å². The Labute approximate surface area is 63.6 Å². The Hall–Kier alpha value is -0.380. The largest absolute Gasteiger partial charge is 0.371 e. The molecule has 2 rings (SSSR count). The number of hydrogen-bond acceptors (Lipinski definition) is 3. The van der Waals surface area contributed by atoms with Gasteiger partial charge in [-0.1, -0.05) is 6.07 Å². The van der Waals surface area contributed by atoms with Crippen molar-refractivity contribution >= 4 is 11.3 Å². The maximum absolute atomic E-state index is 5.83. The van der Waals surface area contributed by atoms with Crippen LogP contribution < -0.4 is 5.73 Å². The fourth-order valence-electron chi connectivity index (χ4n) is 0.927. The van der Waals surface area contributed by atoms with Gasteiger partial charge in [-0.2, -0.15) is 0 Å². The Morgan fingerprint density at radius 1 is 1.80 bits per heavy atom. The maximum atomic E-state index is 5.83. The van der Waals surface area contributed by atoms with Crippen LogP contribution >= 0.6 is 11.3 Å². The van der Waals surface area contributed by atoms with Crippen molar-refractivity contribution in [1.82, 2.24) is 0 Å². The van der Waals surface area contributed by atoms with Crippen LogP contribution in [0.3, 0.4) is 0 Å². The third-order valence-corrected chi connectivity index (χ3v) is 2.61. The van der Waals surface area contributed by atoms with Crippen LogP contribution in [0.4, 0.5) is 0 Å². The second-order valence-electron chi connectivity index (χ2n) is 2.41. The summed E-state index contributed by atoms with van der Waals surface area (Å²) in [6.07, 6.45) is 0.290. The Morgan fingerprint density at radius 2 is 2.60 bits per heavy atom. The zero-order valence-corrected chi connectivity index (χ0v) is 6.30. The Morgan fingerprint density at radius 3 is 3.10 bits per heavy atom. The van der Waals surface area contributed by atoms with Crippen LogP contribution in [-0.4, -0.2) is 12.7 Å². The van der Waals surface area contributed by atoms with Crippen LogP contribution in [0.15, 0.2) is 17.5 Å². The highest BCUT2D eigenvalue weighted by molar-refractivity contribution is 7.10. The number of hydrogen-bond donors (Lipinski definition) is 1. The lowest BCUT2D eigenvalue weighted by Gasteiger charge is -2.02. The van der Waals surface area contributed by atoms with Crippen molar-refractivity contribution < 1.29 is 4.74 Å². The second kappa shape index (κ2) is 2.34. The number of ether oxygens (including phenoxy) is 1. The summed E-state index contributed by atoms with van der Waals surface area (Å²) < 4.78 is 5.08. The summed E-state index contributed by atoms with van der Waals surface area (Å²) in [6.45, 7) is 0.832. The van der Waals surface area contributed by atoms with Crippen molar-refractivity contribution in [3.8, 4) is 0 Å². The van der Waals surface area contributed by atoms with Crippen molar-refractivity contribution in [2.45, 2.75) is 12.1 Å². The number of epoxide rings is 1. The van der Waals surface area contributed by atoms with Crippen LogP contribution in [-0.2, 0) is 4.74 Å². The molecule has 1 aromatic heterocycles. The topological polar surface area (TPSA) is 38.5 Å². The van der Waals surface area contributed by atoms with Crippen LogP contribution in [0.5, 0.6) is 0 Å². The highest BCUT2D eigenvalue weighted by Crippen LogP contribution is 2.27. The quantitative estimate of drug-likeness (QED) is 0.650. The van der Waals surface area contributed by atoms with Gasteiger partial charge in [0.1, 0.15) is 6.10 Å². The molecule has 0 aromatic carbocycles. The van der Waals surface area contributed by atoms with Crippen molar-refractivity contribution in [1.29, 1.82) is 0 Å². The smallest absolute Gasteiger partial charge is 0.101 e. The van der Waals surface area contributed by atoms with Crippen LogP contribution in [0.1, 0.15) is 10.9 Å². The summed E-state index contributed by atoms with van der Waals surface area (Å²) in [4.78, 5) is 1.22. The summed E-state index contributed by atoms with van der Waals surface area (Å²) in [7, 11) is 0. The summed E-state index contributed by atoms with van der Waals surface area (Å²) in [6, 6.07) is 4.18. The predicted octanol–water partition coefficient (Wildman–Crippen LogP) is 1.15. The lowest BCUT2D eigenvalue weighted by atomic mass is 10.2. The van der Waals surface area contributed by atoms with E-state index >= 15 is 0 Å². The van der Waals surface area contributed by atoms with Crippen molar-refractivity contribution in [3.63, 3.8) is 0 Å². The molecule has 0 aliphatic carbocycles. The molecule has 2 nitrogen and oxygen atoms in total. The number of rotatable bonds is 2. The lowest BCUT2D eigenvalue weighted by molar-refractivity contribution is 0.378. The van der Waals surface area contributed by atoms with Gasteiger partial charge in [0.15, 0.2) is 0 Å². The summed E-state index contributed by atoms with van der Waals surface area (Å²) >= 11 is 1.69. The monoisotopic (exact) mass is 155 g/mol. The zero-order chi connectivity index (χ0) is 6.97. The fourth-order valence-corrected chi connectivity index (χ4v) is 1.71. The minimum Gasteiger partial charge on any atom is -0.371 e. The van der Waals surface area contributed by atoms with E-state index in [1.165, 1.54) is 4.88 Å². The van der Waals surface area contributed by atoms with Gasteiger partial charge in [-0.25, -0.2) is 0 Å². The fraction of sp³-hybridized carbons (Fsp3) is 0.429. The van der Waals surface area contributed by atoms with E-state index in [2.05, 4.69) is 6.07 Å². The van der Waals surface area contributed by atoms with Crippen molar-refractivity contribution in [3.05, 3.63) is 22.4 Å². The number of thiophene rings is 1. The van der Waals surface area contributed by atoms with Gasteiger partial charge in [0.2, 0.25) is 0 Å². The maximum Gasteiger partial charge on any atom is 0.101 e.